The Bertz CT molecular complexity index is 649. The molecule has 1 amide bonds. The molecule has 7 heteroatoms. The monoisotopic (exact) mass is 304 g/mol. The normalized spacial score (nSPS) is 18.0. The molecule has 1 aliphatic rings. The number of aromatic nitrogens is 3. The number of amides is 1. The average molecular weight is 304 g/mol. The van der Waals surface area contributed by atoms with Gasteiger partial charge in [0.05, 0.1) is 6.20 Å². The minimum atomic E-state index is -0.156. The van der Waals surface area contributed by atoms with Crippen molar-refractivity contribution in [2.45, 2.75) is 19.3 Å². The van der Waals surface area contributed by atoms with Gasteiger partial charge in [0.2, 0.25) is 0 Å². The van der Waals surface area contributed by atoms with Crippen molar-refractivity contribution in [2.75, 3.05) is 26.4 Å². The fourth-order valence-electron chi connectivity index (χ4n) is 2.63. The molecular weight excluding hydrogens is 284 g/mol. The highest BCUT2D eigenvalue weighted by Crippen LogP contribution is 2.15. The number of nitrogens with zero attached hydrogens (tertiary/aromatic N) is 3. The minimum absolute atomic E-state index is 0.0622. The molecule has 0 aromatic carbocycles. The number of carbonyl (C=O) groups is 1. The molecule has 0 aliphatic carbocycles. The second-order valence-electron chi connectivity index (χ2n) is 5.54. The van der Waals surface area contributed by atoms with Crippen LogP contribution in [0.3, 0.4) is 0 Å². The largest absolute Gasteiger partial charge is 0.396 e. The zero-order chi connectivity index (χ0) is 15.4. The second kappa shape index (κ2) is 6.85. The third kappa shape index (κ3) is 3.26. The molecule has 0 unspecified atom stereocenters. The fraction of sp³-hybridized carbons (Fsp3) is 0.533. The molecule has 22 heavy (non-hydrogen) atoms. The van der Waals surface area contributed by atoms with Crippen LogP contribution in [0.5, 0.6) is 0 Å². The lowest BCUT2D eigenvalue weighted by atomic mass is 10.1. The standard InChI is InChI=1S/C15H20N4O3/c20-5-2-12-7-17-14-13(8-18-19(14)9-12)15(21)16-4-1-11-3-6-22-10-11/h7-9,11,20H,1-6,10H2,(H,16,21)/t11-/m1/s1. The molecule has 7 nitrogen and oxygen atoms in total. The highest BCUT2D eigenvalue weighted by atomic mass is 16.5. The van der Waals surface area contributed by atoms with E-state index < -0.39 is 0 Å². The van der Waals surface area contributed by atoms with E-state index in [4.69, 9.17) is 9.84 Å². The topological polar surface area (TPSA) is 88.8 Å². The van der Waals surface area contributed by atoms with Crippen LogP contribution in [-0.4, -0.2) is 52.0 Å². The molecule has 1 aliphatic heterocycles. The summed E-state index contributed by atoms with van der Waals surface area (Å²) in [6.07, 6.45) is 7.50. The van der Waals surface area contributed by atoms with Crippen molar-refractivity contribution in [2.24, 2.45) is 5.92 Å². The van der Waals surface area contributed by atoms with Crippen molar-refractivity contribution < 1.29 is 14.6 Å². The van der Waals surface area contributed by atoms with Crippen LogP contribution in [0.1, 0.15) is 28.8 Å². The van der Waals surface area contributed by atoms with Crippen molar-refractivity contribution in [1.82, 2.24) is 19.9 Å². The van der Waals surface area contributed by atoms with Crippen LogP contribution in [-0.2, 0) is 11.2 Å². The number of fused-ring (bicyclic) bond motifs is 1. The number of aliphatic hydroxyl groups excluding tert-OH is 1. The first-order valence-corrected chi connectivity index (χ1v) is 7.57. The van der Waals surface area contributed by atoms with Gasteiger partial charge in [-0.3, -0.25) is 4.79 Å². The third-order valence-electron chi connectivity index (χ3n) is 3.92. The van der Waals surface area contributed by atoms with E-state index in [0.717, 1.165) is 31.6 Å². The second-order valence-corrected chi connectivity index (χ2v) is 5.54. The predicted molar refractivity (Wildman–Crippen MR) is 79.7 cm³/mol. The maximum atomic E-state index is 12.2. The Morgan fingerprint density at radius 3 is 3.18 bits per heavy atom. The molecule has 0 radical (unpaired) electrons. The summed E-state index contributed by atoms with van der Waals surface area (Å²) in [5.74, 6) is 0.389. The van der Waals surface area contributed by atoms with Gasteiger partial charge in [-0.25, -0.2) is 9.50 Å². The summed E-state index contributed by atoms with van der Waals surface area (Å²) in [7, 11) is 0. The summed E-state index contributed by atoms with van der Waals surface area (Å²) in [4.78, 5) is 16.5. The van der Waals surface area contributed by atoms with Crippen LogP contribution in [0.2, 0.25) is 0 Å². The van der Waals surface area contributed by atoms with E-state index in [1.54, 1.807) is 16.9 Å². The maximum Gasteiger partial charge on any atom is 0.256 e. The zero-order valence-corrected chi connectivity index (χ0v) is 12.4. The van der Waals surface area contributed by atoms with Crippen molar-refractivity contribution >= 4 is 11.6 Å². The van der Waals surface area contributed by atoms with Gasteiger partial charge in [0, 0.05) is 38.8 Å². The maximum absolute atomic E-state index is 12.2. The number of ether oxygens (including phenoxy) is 1. The zero-order valence-electron chi connectivity index (χ0n) is 12.4. The van der Waals surface area contributed by atoms with Gasteiger partial charge in [-0.1, -0.05) is 0 Å². The van der Waals surface area contributed by atoms with E-state index in [0.29, 0.717) is 30.1 Å². The first kappa shape index (κ1) is 14.9. The van der Waals surface area contributed by atoms with Gasteiger partial charge >= 0.3 is 0 Å². The lowest BCUT2D eigenvalue weighted by molar-refractivity contribution is 0.0952. The van der Waals surface area contributed by atoms with Crippen LogP contribution in [0.15, 0.2) is 18.6 Å². The Balaban J connectivity index is 1.63. The van der Waals surface area contributed by atoms with Gasteiger partial charge < -0.3 is 15.2 Å². The van der Waals surface area contributed by atoms with E-state index in [2.05, 4.69) is 15.4 Å². The number of hydrogen-bond donors (Lipinski definition) is 2. The molecule has 2 aromatic heterocycles. The van der Waals surface area contributed by atoms with E-state index in [1.165, 1.54) is 6.20 Å². The summed E-state index contributed by atoms with van der Waals surface area (Å²) in [6.45, 7) is 2.31. The fourth-order valence-corrected chi connectivity index (χ4v) is 2.63. The molecule has 1 atom stereocenters. The van der Waals surface area contributed by atoms with E-state index in [1.807, 2.05) is 0 Å². The van der Waals surface area contributed by atoms with Crippen LogP contribution in [0.4, 0.5) is 0 Å². The smallest absolute Gasteiger partial charge is 0.256 e. The molecule has 3 rings (SSSR count). The molecule has 2 aromatic rings. The van der Waals surface area contributed by atoms with Crippen LogP contribution >= 0.6 is 0 Å². The lowest BCUT2D eigenvalue weighted by Crippen LogP contribution is -2.26. The first-order chi connectivity index (χ1) is 10.8. The van der Waals surface area contributed by atoms with Crippen LogP contribution < -0.4 is 5.32 Å². The molecule has 0 spiro atoms. The lowest BCUT2D eigenvalue weighted by Gasteiger charge is -2.08. The summed E-state index contributed by atoms with van der Waals surface area (Å²) in [5, 5.41) is 16.0. The Morgan fingerprint density at radius 2 is 2.41 bits per heavy atom. The highest BCUT2D eigenvalue weighted by molar-refractivity contribution is 5.99. The molecule has 118 valence electrons. The van der Waals surface area contributed by atoms with Gasteiger partial charge in [0.15, 0.2) is 5.65 Å². The van der Waals surface area contributed by atoms with Crippen molar-refractivity contribution in [3.8, 4) is 0 Å². The molecular formula is C15H20N4O3. The first-order valence-electron chi connectivity index (χ1n) is 7.57. The quantitative estimate of drug-likeness (QED) is 0.807. The number of nitrogens with one attached hydrogen (secondary N) is 1. The van der Waals surface area contributed by atoms with E-state index in [-0.39, 0.29) is 12.5 Å². The third-order valence-corrected chi connectivity index (χ3v) is 3.92. The minimum Gasteiger partial charge on any atom is -0.396 e. The van der Waals surface area contributed by atoms with E-state index in [9.17, 15) is 4.79 Å². The molecule has 1 saturated heterocycles. The summed E-state index contributed by atoms with van der Waals surface area (Å²) in [5.41, 5.74) is 1.88. The molecule has 3 heterocycles. The van der Waals surface area contributed by atoms with Gasteiger partial charge in [-0.05, 0) is 30.7 Å². The van der Waals surface area contributed by atoms with Crippen LogP contribution in [0, 0.1) is 5.92 Å². The molecule has 0 bridgehead atoms. The SMILES string of the molecule is O=C(NCC[C@@H]1CCOC1)c1cnn2cc(CCO)cnc12. The summed E-state index contributed by atoms with van der Waals surface area (Å²) >= 11 is 0. The Morgan fingerprint density at radius 1 is 1.50 bits per heavy atom. The van der Waals surface area contributed by atoms with Gasteiger partial charge in [0.25, 0.3) is 5.91 Å². The van der Waals surface area contributed by atoms with Gasteiger partial charge in [-0.15, -0.1) is 0 Å². The van der Waals surface area contributed by atoms with Crippen molar-refractivity contribution in [3.05, 3.63) is 29.7 Å². The highest BCUT2D eigenvalue weighted by Gasteiger charge is 2.17. The summed E-state index contributed by atoms with van der Waals surface area (Å²) in [6, 6.07) is 0. The summed E-state index contributed by atoms with van der Waals surface area (Å²) < 4.78 is 6.90. The molecule has 1 fully saturated rings. The number of aliphatic hydroxyl groups is 1. The molecule has 2 N–H and O–H groups in total. The predicted octanol–water partition coefficient (Wildman–Crippen LogP) is 0.420. The molecule has 0 saturated carbocycles. The number of hydrogen-bond acceptors (Lipinski definition) is 5. The Hall–Kier alpha value is -1.99. The van der Waals surface area contributed by atoms with Gasteiger partial charge in [0.1, 0.15) is 5.56 Å². The van der Waals surface area contributed by atoms with Crippen LogP contribution in [0.25, 0.3) is 5.65 Å². The Kier molecular flexibility index (Phi) is 4.65. The number of rotatable bonds is 6. The number of carbonyl (C=O) groups excluding carboxylic acids is 1. The van der Waals surface area contributed by atoms with Crippen molar-refractivity contribution in [3.63, 3.8) is 0 Å². The Labute approximate surface area is 128 Å². The van der Waals surface area contributed by atoms with E-state index >= 15 is 0 Å². The van der Waals surface area contributed by atoms with Gasteiger partial charge in [-0.2, -0.15) is 5.10 Å². The van der Waals surface area contributed by atoms with Crippen molar-refractivity contribution in [1.29, 1.82) is 0 Å². The average Bonchev–Trinajstić information content (AvgIpc) is 3.16.